The van der Waals surface area contributed by atoms with Crippen LogP contribution in [0.5, 0.6) is 0 Å². The average Bonchev–Trinajstić information content (AvgIpc) is 3.67. The molecular formula is C64H47N. The summed E-state index contributed by atoms with van der Waals surface area (Å²) >= 11 is 0. The Morgan fingerprint density at radius 3 is 1.22 bits per heavy atom. The second-order valence-electron chi connectivity index (χ2n) is 18.0. The van der Waals surface area contributed by atoms with Gasteiger partial charge in [0.05, 0.1) is 11.1 Å². The van der Waals surface area contributed by atoms with Crippen LogP contribution in [0.4, 0.5) is 17.1 Å². The van der Waals surface area contributed by atoms with Gasteiger partial charge in [0, 0.05) is 22.4 Å². The molecule has 1 heteroatoms. The largest absolute Gasteiger partial charge is 0.310 e. The van der Waals surface area contributed by atoms with Gasteiger partial charge in [-0.2, -0.15) is 0 Å². The van der Waals surface area contributed by atoms with E-state index in [4.69, 9.17) is 0 Å². The van der Waals surface area contributed by atoms with Gasteiger partial charge in [-0.25, -0.2) is 0 Å². The molecule has 308 valence electrons. The monoisotopic (exact) mass is 829 g/mol. The molecule has 65 heavy (non-hydrogen) atoms. The van der Waals surface area contributed by atoms with Gasteiger partial charge < -0.3 is 4.90 Å². The zero-order chi connectivity index (χ0) is 43.5. The van der Waals surface area contributed by atoms with Crippen molar-refractivity contribution in [1.82, 2.24) is 0 Å². The Bertz CT molecular complexity index is 3310. The standard InChI is InChI=1S/C64H47N/c1-63(2)57-26-14-16-28-59(57)64(60-29-17-15-27-58(60)63)56-25-13-12-24-53(56)54-40-34-50(43-61(54)64)47-32-38-52(39-33-47)65(51-36-30-46(31-37-51)44-18-6-3-7-19-44)62-41-35-49(45-20-8-4-9-21-45)42-55(62)48-22-10-5-11-23-48/h3-43H,1-2H3. The highest BCUT2D eigenvalue weighted by Crippen LogP contribution is 2.62. The van der Waals surface area contributed by atoms with Crippen molar-refractivity contribution in [2.75, 3.05) is 4.90 Å². The topological polar surface area (TPSA) is 3.24 Å². The first kappa shape index (κ1) is 38.7. The third-order valence-electron chi connectivity index (χ3n) is 14.2. The summed E-state index contributed by atoms with van der Waals surface area (Å²) < 4.78 is 0. The summed E-state index contributed by atoms with van der Waals surface area (Å²) in [5.41, 5.74) is 23.1. The molecule has 0 atom stereocenters. The maximum absolute atomic E-state index is 2.49. The van der Waals surface area contributed by atoms with Crippen LogP contribution in [0, 0.1) is 0 Å². The summed E-state index contributed by atoms with van der Waals surface area (Å²) in [6.45, 7) is 4.78. The second kappa shape index (κ2) is 15.4. The molecule has 0 unspecified atom stereocenters. The molecule has 0 aliphatic heterocycles. The number of anilines is 3. The molecule has 1 spiro atoms. The fourth-order valence-corrected chi connectivity index (χ4v) is 11.1. The van der Waals surface area contributed by atoms with Gasteiger partial charge in [-0.1, -0.05) is 220 Å². The lowest BCUT2D eigenvalue weighted by molar-refractivity contribution is 0.563. The highest BCUT2D eigenvalue weighted by Gasteiger charge is 2.53. The van der Waals surface area contributed by atoms with Crippen LogP contribution in [-0.2, 0) is 10.8 Å². The van der Waals surface area contributed by atoms with E-state index in [1.807, 2.05) is 0 Å². The zero-order valence-electron chi connectivity index (χ0n) is 36.6. The molecule has 0 N–H and O–H groups in total. The fraction of sp³-hybridized carbons (Fsp3) is 0.0625. The van der Waals surface area contributed by atoms with Gasteiger partial charge in [0.1, 0.15) is 0 Å². The van der Waals surface area contributed by atoms with Crippen LogP contribution in [-0.4, -0.2) is 0 Å². The molecule has 2 aliphatic rings. The van der Waals surface area contributed by atoms with Crippen LogP contribution in [0.2, 0.25) is 0 Å². The van der Waals surface area contributed by atoms with E-state index < -0.39 is 5.41 Å². The van der Waals surface area contributed by atoms with Gasteiger partial charge in [-0.05, 0) is 126 Å². The number of nitrogens with zero attached hydrogens (tertiary/aromatic N) is 1. The maximum Gasteiger partial charge on any atom is 0.0719 e. The lowest BCUT2D eigenvalue weighted by atomic mass is 9.55. The van der Waals surface area contributed by atoms with Crippen LogP contribution in [0.1, 0.15) is 47.2 Å². The Labute approximate surface area is 382 Å². The number of benzene rings is 10. The SMILES string of the molecule is CC1(C)c2ccccc2C2(c3ccccc3-c3ccc(-c4ccc(N(c5ccc(-c6ccccc6)cc5)c5ccc(-c6ccccc6)cc5-c5ccccc5)cc4)cc32)c2ccccc21. The maximum atomic E-state index is 2.49. The molecule has 2 aliphatic carbocycles. The van der Waals surface area contributed by atoms with Crippen molar-refractivity contribution in [3.8, 4) is 55.6 Å². The minimum absolute atomic E-state index is 0.139. The van der Waals surface area contributed by atoms with E-state index in [0.717, 1.165) is 17.1 Å². The van der Waals surface area contributed by atoms with Crippen molar-refractivity contribution in [3.05, 3.63) is 282 Å². The first-order valence-electron chi connectivity index (χ1n) is 22.8. The van der Waals surface area contributed by atoms with E-state index in [-0.39, 0.29) is 5.41 Å². The molecule has 0 bridgehead atoms. The molecule has 0 fully saturated rings. The zero-order valence-corrected chi connectivity index (χ0v) is 36.6. The molecule has 10 aromatic carbocycles. The lowest BCUT2D eigenvalue weighted by Crippen LogP contribution is -2.40. The normalized spacial score (nSPS) is 13.6. The van der Waals surface area contributed by atoms with E-state index in [1.54, 1.807) is 0 Å². The van der Waals surface area contributed by atoms with Gasteiger partial charge in [0.25, 0.3) is 0 Å². The van der Waals surface area contributed by atoms with E-state index in [9.17, 15) is 0 Å². The molecular weight excluding hydrogens is 783 g/mol. The molecule has 10 aromatic rings. The summed E-state index contributed by atoms with van der Waals surface area (Å²) in [7, 11) is 0. The smallest absolute Gasteiger partial charge is 0.0719 e. The number of hydrogen-bond donors (Lipinski definition) is 0. The molecule has 0 radical (unpaired) electrons. The first-order valence-corrected chi connectivity index (χ1v) is 22.8. The van der Waals surface area contributed by atoms with Gasteiger partial charge in [0.15, 0.2) is 0 Å². The second-order valence-corrected chi connectivity index (χ2v) is 18.0. The summed E-state index contributed by atoms with van der Waals surface area (Å²) in [4.78, 5) is 2.42. The van der Waals surface area contributed by atoms with Crippen molar-refractivity contribution in [1.29, 1.82) is 0 Å². The van der Waals surface area contributed by atoms with Gasteiger partial charge >= 0.3 is 0 Å². The van der Waals surface area contributed by atoms with Gasteiger partial charge in [-0.3, -0.25) is 0 Å². The fourth-order valence-electron chi connectivity index (χ4n) is 11.1. The first-order chi connectivity index (χ1) is 32.0. The van der Waals surface area contributed by atoms with Crippen molar-refractivity contribution in [2.45, 2.75) is 24.7 Å². The highest BCUT2D eigenvalue weighted by atomic mass is 15.1. The molecule has 0 aromatic heterocycles. The Kier molecular flexibility index (Phi) is 9.14. The van der Waals surface area contributed by atoms with Crippen LogP contribution in [0.3, 0.4) is 0 Å². The number of hydrogen-bond acceptors (Lipinski definition) is 1. The van der Waals surface area contributed by atoms with E-state index in [1.165, 1.54) is 89.0 Å². The minimum atomic E-state index is -0.437. The van der Waals surface area contributed by atoms with Crippen molar-refractivity contribution < 1.29 is 0 Å². The summed E-state index contributed by atoms with van der Waals surface area (Å²) in [5.74, 6) is 0. The lowest BCUT2D eigenvalue weighted by Gasteiger charge is -2.46. The number of fused-ring (bicyclic) bond motifs is 9. The van der Waals surface area contributed by atoms with E-state index >= 15 is 0 Å². The molecule has 0 saturated carbocycles. The summed E-state index contributed by atoms with van der Waals surface area (Å²) in [6.07, 6.45) is 0. The van der Waals surface area contributed by atoms with E-state index in [0.29, 0.717) is 0 Å². The Balaban J connectivity index is 1.01. The van der Waals surface area contributed by atoms with Crippen LogP contribution in [0.15, 0.2) is 249 Å². The quantitative estimate of drug-likeness (QED) is 0.155. The van der Waals surface area contributed by atoms with Gasteiger partial charge in [0.2, 0.25) is 0 Å². The molecule has 0 heterocycles. The van der Waals surface area contributed by atoms with Gasteiger partial charge in [-0.15, -0.1) is 0 Å². The van der Waals surface area contributed by atoms with Crippen LogP contribution < -0.4 is 4.90 Å². The predicted octanol–water partition coefficient (Wildman–Crippen LogP) is 16.8. The summed E-state index contributed by atoms with van der Waals surface area (Å²) in [5, 5.41) is 0. The Hall–Kier alpha value is -8.00. The van der Waals surface area contributed by atoms with Crippen LogP contribution in [0.25, 0.3) is 55.6 Å². The molecule has 0 amide bonds. The number of rotatable bonds is 7. The van der Waals surface area contributed by atoms with Crippen molar-refractivity contribution >= 4 is 17.1 Å². The average molecular weight is 830 g/mol. The molecule has 1 nitrogen and oxygen atoms in total. The van der Waals surface area contributed by atoms with E-state index in [2.05, 4.69) is 267 Å². The van der Waals surface area contributed by atoms with Crippen molar-refractivity contribution in [2.24, 2.45) is 0 Å². The molecule has 0 saturated heterocycles. The van der Waals surface area contributed by atoms with Crippen LogP contribution >= 0.6 is 0 Å². The Morgan fingerprint density at radius 1 is 0.262 bits per heavy atom. The minimum Gasteiger partial charge on any atom is -0.310 e. The Morgan fingerprint density at radius 2 is 0.646 bits per heavy atom. The summed E-state index contributed by atoms with van der Waals surface area (Å²) in [6, 6.07) is 91.9. The highest BCUT2D eigenvalue weighted by molar-refractivity contribution is 5.93. The third-order valence-corrected chi connectivity index (χ3v) is 14.2. The third kappa shape index (κ3) is 6.15. The van der Waals surface area contributed by atoms with Crippen molar-refractivity contribution in [3.63, 3.8) is 0 Å². The predicted molar refractivity (Wildman–Crippen MR) is 272 cm³/mol. The molecule has 12 rings (SSSR count).